The van der Waals surface area contributed by atoms with E-state index in [1.807, 2.05) is 30.3 Å². The van der Waals surface area contributed by atoms with Crippen molar-refractivity contribution in [2.45, 2.75) is 32.0 Å². The van der Waals surface area contributed by atoms with Crippen molar-refractivity contribution in [3.05, 3.63) is 53.2 Å². The van der Waals surface area contributed by atoms with Gasteiger partial charge < -0.3 is 24.3 Å². The summed E-state index contributed by atoms with van der Waals surface area (Å²) >= 11 is 0. The molecule has 2 aromatic rings. The number of oxazole rings is 1. The van der Waals surface area contributed by atoms with Crippen LogP contribution in [-0.4, -0.2) is 72.5 Å². The van der Waals surface area contributed by atoms with Crippen molar-refractivity contribution in [1.82, 2.24) is 20.1 Å². The van der Waals surface area contributed by atoms with E-state index in [0.717, 1.165) is 38.0 Å². The highest BCUT2D eigenvalue weighted by Crippen LogP contribution is 2.36. The van der Waals surface area contributed by atoms with Crippen LogP contribution in [0.25, 0.3) is 0 Å². The quantitative estimate of drug-likeness (QED) is 0.603. The van der Waals surface area contributed by atoms with Gasteiger partial charge in [-0.1, -0.05) is 30.3 Å². The Labute approximate surface area is 213 Å². The predicted molar refractivity (Wildman–Crippen MR) is 126 cm³/mol. The molecule has 4 atom stereocenters. The number of hydrogen-bond donors (Lipinski definition) is 1. The summed E-state index contributed by atoms with van der Waals surface area (Å²) in [5.41, 5.74) is 0.394. The minimum absolute atomic E-state index is 0.0140. The highest BCUT2D eigenvalue weighted by atomic mass is 19.4. The molecule has 5 rings (SSSR count). The van der Waals surface area contributed by atoms with Crippen LogP contribution < -0.4 is 5.32 Å². The fourth-order valence-corrected chi connectivity index (χ4v) is 5.70. The summed E-state index contributed by atoms with van der Waals surface area (Å²) in [5, 5.41) is 3.20. The van der Waals surface area contributed by atoms with Crippen LogP contribution in [0, 0.1) is 24.7 Å². The van der Waals surface area contributed by atoms with Gasteiger partial charge >= 0.3 is 6.18 Å². The number of likely N-dealkylation sites (tertiary alicyclic amines) is 2. The van der Waals surface area contributed by atoms with Crippen molar-refractivity contribution in [2.24, 2.45) is 17.8 Å². The van der Waals surface area contributed by atoms with E-state index in [1.165, 1.54) is 11.8 Å². The second kappa shape index (κ2) is 10.4. The van der Waals surface area contributed by atoms with E-state index in [0.29, 0.717) is 26.3 Å². The number of nitrogens with one attached hydrogen (secondary N) is 1. The van der Waals surface area contributed by atoms with Crippen LogP contribution >= 0.6 is 0 Å². The van der Waals surface area contributed by atoms with E-state index in [4.69, 9.17) is 9.15 Å². The first-order valence-corrected chi connectivity index (χ1v) is 12.7. The number of nitrogens with zero attached hydrogens (tertiary/aromatic N) is 3. The van der Waals surface area contributed by atoms with Gasteiger partial charge in [0.15, 0.2) is 11.6 Å². The molecule has 0 aliphatic carbocycles. The standard InChI is InChI=1S/C26H31F3N4O4/c1-16-30-22(23(37-16)26(27,28)29)25(35)33-13-19-11-32(12-20(19)14-33)9-7-21(17-5-3-2-4-6-17)31-24(34)18-8-10-36-15-18/h2-6,18-21H,7-15H2,1H3,(H,31,34)/t18?,19-,20?,21?/m0/s1. The number of benzene rings is 1. The first kappa shape index (κ1) is 25.7. The van der Waals surface area contributed by atoms with Gasteiger partial charge in [-0.05, 0) is 30.2 Å². The molecule has 0 saturated carbocycles. The smallest absolute Gasteiger partial charge is 0.436 e. The van der Waals surface area contributed by atoms with Crippen molar-refractivity contribution in [2.75, 3.05) is 45.9 Å². The van der Waals surface area contributed by atoms with Crippen LogP contribution in [0.3, 0.4) is 0 Å². The molecule has 37 heavy (non-hydrogen) atoms. The third-order valence-corrected chi connectivity index (χ3v) is 7.60. The van der Waals surface area contributed by atoms with Crippen LogP contribution in [0.5, 0.6) is 0 Å². The Hall–Kier alpha value is -2.92. The number of hydrogen-bond acceptors (Lipinski definition) is 6. The third-order valence-electron chi connectivity index (χ3n) is 7.60. The maximum atomic E-state index is 13.3. The number of fused-ring (bicyclic) bond motifs is 1. The zero-order chi connectivity index (χ0) is 26.2. The first-order valence-electron chi connectivity index (χ1n) is 12.7. The molecule has 3 fully saturated rings. The fourth-order valence-electron chi connectivity index (χ4n) is 5.70. The number of rotatable bonds is 7. The highest BCUT2D eigenvalue weighted by Gasteiger charge is 2.46. The summed E-state index contributed by atoms with van der Waals surface area (Å²) in [7, 11) is 0. The number of aryl methyl sites for hydroxylation is 1. The van der Waals surface area contributed by atoms with Crippen molar-refractivity contribution in [1.29, 1.82) is 0 Å². The predicted octanol–water partition coefficient (Wildman–Crippen LogP) is 3.29. The average molecular weight is 521 g/mol. The Kier molecular flexibility index (Phi) is 7.26. The van der Waals surface area contributed by atoms with Gasteiger partial charge in [-0.2, -0.15) is 13.2 Å². The molecule has 3 saturated heterocycles. The Morgan fingerprint density at radius 1 is 1.14 bits per heavy atom. The average Bonchev–Trinajstić information content (AvgIpc) is 3.65. The van der Waals surface area contributed by atoms with E-state index in [-0.39, 0.29) is 35.6 Å². The Balaban J connectivity index is 1.17. The number of carbonyl (C=O) groups excluding carboxylic acids is 2. The van der Waals surface area contributed by atoms with Crippen molar-refractivity contribution < 1.29 is 31.9 Å². The van der Waals surface area contributed by atoms with Crippen molar-refractivity contribution in [3.8, 4) is 0 Å². The van der Waals surface area contributed by atoms with E-state index in [9.17, 15) is 22.8 Å². The molecule has 3 aliphatic heterocycles. The lowest BCUT2D eigenvalue weighted by molar-refractivity contribution is -0.153. The molecule has 11 heteroatoms. The van der Waals surface area contributed by atoms with Gasteiger partial charge in [0.25, 0.3) is 5.91 Å². The Morgan fingerprint density at radius 2 is 1.84 bits per heavy atom. The number of ether oxygens (including phenoxy) is 1. The zero-order valence-corrected chi connectivity index (χ0v) is 20.7. The molecule has 1 N–H and O–H groups in total. The summed E-state index contributed by atoms with van der Waals surface area (Å²) in [6, 6.07) is 9.76. The summed E-state index contributed by atoms with van der Waals surface area (Å²) in [6.45, 7) is 5.43. The van der Waals surface area contributed by atoms with E-state index < -0.39 is 23.5 Å². The van der Waals surface area contributed by atoms with E-state index >= 15 is 0 Å². The van der Waals surface area contributed by atoms with Gasteiger partial charge in [-0.15, -0.1) is 0 Å². The Morgan fingerprint density at radius 3 is 2.46 bits per heavy atom. The lowest BCUT2D eigenvalue weighted by Gasteiger charge is -2.25. The summed E-state index contributed by atoms with van der Waals surface area (Å²) in [4.78, 5) is 33.1. The van der Waals surface area contributed by atoms with Crippen LogP contribution in [0.1, 0.15) is 46.6 Å². The van der Waals surface area contributed by atoms with Gasteiger partial charge in [0, 0.05) is 46.3 Å². The lowest BCUT2D eigenvalue weighted by Crippen LogP contribution is -2.37. The summed E-state index contributed by atoms with van der Waals surface area (Å²) < 4.78 is 49.9. The number of carbonyl (C=O) groups is 2. The molecule has 0 radical (unpaired) electrons. The number of aromatic nitrogens is 1. The molecule has 8 nitrogen and oxygen atoms in total. The fraction of sp³-hybridized carbons (Fsp3) is 0.577. The molecule has 4 heterocycles. The number of alkyl halides is 3. The number of halogens is 3. The minimum atomic E-state index is -4.77. The van der Waals surface area contributed by atoms with Crippen LogP contribution in [0.2, 0.25) is 0 Å². The van der Waals surface area contributed by atoms with Gasteiger partial charge in [-0.3, -0.25) is 9.59 Å². The zero-order valence-electron chi connectivity index (χ0n) is 20.7. The second-order valence-electron chi connectivity index (χ2n) is 10.2. The summed E-state index contributed by atoms with van der Waals surface area (Å²) in [5.74, 6) is -1.97. The molecular formula is C26H31F3N4O4. The molecule has 3 unspecified atom stereocenters. The molecular weight excluding hydrogens is 489 g/mol. The molecule has 1 aromatic carbocycles. The molecule has 3 aliphatic rings. The van der Waals surface area contributed by atoms with Crippen LogP contribution in [0.15, 0.2) is 34.7 Å². The summed E-state index contributed by atoms with van der Waals surface area (Å²) in [6.07, 6.45) is -3.30. The van der Waals surface area contributed by atoms with Crippen LogP contribution in [-0.2, 0) is 15.7 Å². The lowest BCUT2D eigenvalue weighted by atomic mass is 10.0. The maximum absolute atomic E-state index is 13.3. The van der Waals surface area contributed by atoms with Gasteiger partial charge in [0.05, 0.1) is 18.6 Å². The second-order valence-corrected chi connectivity index (χ2v) is 10.2. The molecule has 1 aromatic heterocycles. The highest BCUT2D eigenvalue weighted by molar-refractivity contribution is 5.93. The normalized spacial score (nSPS) is 24.9. The minimum Gasteiger partial charge on any atom is -0.436 e. The van der Waals surface area contributed by atoms with Crippen molar-refractivity contribution in [3.63, 3.8) is 0 Å². The van der Waals surface area contributed by atoms with E-state index in [2.05, 4.69) is 15.2 Å². The topological polar surface area (TPSA) is 87.9 Å². The number of amides is 2. The molecule has 200 valence electrons. The Bertz CT molecular complexity index is 1100. The third kappa shape index (κ3) is 5.67. The van der Waals surface area contributed by atoms with Gasteiger partial charge in [0.2, 0.25) is 11.7 Å². The van der Waals surface area contributed by atoms with Gasteiger partial charge in [-0.25, -0.2) is 4.98 Å². The first-order chi connectivity index (χ1) is 17.7. The molecule has 0 bridgehead atoms. The monoisotopic (exact) mass is 520 g/mol. The van der Waals surface area contributed by atoms with Crippen LogP contribution in [0.4, 0.5) is 13.2 Å². The van der Waals surface area contributed by atoms with Crippen molar-refractivity contribution >= 4 is 11.8 Å². The molecule has 2 amide bonds. The van der Waals surface area contributed by atoms with E-state index in [1.54, 1.807) is 0 Å². The SMILES string of the molecule is Cc1nc(C(=O)N2CC3CN(CCC(NC(=O)C4CCOC4)c4ccccc4)C[C@H]3C2)c(C(F)(F)F)o1. The van der Waals surface area contributed by atoms with Gasteiger partial charge in [0.1, 0.15) is 0 Å². The molecule has 0 spiro atoms. The largest absolute Gasteiger partial charge is 0.452 e. The maximum Gasteiger partial charge on any atom is 0.452 e.